The molecule has 0 bridgehead atoms. The third-order valence-corrected chi connectivity index (χ3v) is 1.14. The Morgan fingerprint density at radius 1 is 1.64 bits per heavy atom. The van der Waals surface area contributed by atoms with Gasteiger partial charge in [0.2, 0.25) is 11.8 Å². The van der Waals surface area contributed by atoms with Crippen LogP contribution in [0, 0.1) is 0 Å². The van der Waals surface area contributed by atoms with Crippen molar-refractivity contribution in [1.82, 2.24) is 10.2 Å². The molecule has 0 aliphatic carbocycles. The smallest absolute Gasteiger partial charge is 0.242 e. The number of rotatable bonds is 3. The summed E-state index contributed by atoms with van der Waals surface area (Å²) < 4.78 is 9.90. The fourth-order valence-corrected chi connectivity index (χ4v) is 0.632. The molecule has 0 aliphatic rings. The van der Waals surface area contributed by atoms with Gasteiger partial charge in [0.25, 0.3) is 0 Å². The van der Waals surface area contributed by atoms with Crippen LogP contribution in [0.2, 0.25) is 0 Å². The van der Waals surface area contributed by atoms with E-state index in [4.69, 9.17) is 14.9 Å². The molecule has 0 aromatic carbocycles. The van der Waals surface area contributed by atoms with Crippen molar-refractivity contribution in [3.05, 3.63) is 11.8 Å². The van der Waals surface area contributed by atoms with Crippen LogP contribution in [0.4, 0.5) is 0 Å². The first-order valence-electron chi connectivity index (χ1n) is 3.31. The standard InChI is InChI=1S/C6H11N3O2/c1-4(7)6-9-8-5(11-6)3-10-2/h4H,3,7H2,1-2H3/t4-/m1/s1. The topological polar surface area (TPSA) is 74.2 Å². The summed E-state index contributed by atoms with van der Waals surface area (Å²) in [5, 5.41) is 7.42. The predicted molar refractivity (Wildman–Crippen MR) is 37.6 cm³/mol. The summed E-state index contributed by atoms with van der Waals surface area (Å²) in [5.74, 6) is 0.900. The molecule has 0 unspecified atom stereocenters. The van der Waals surface area contributed by atoms with Gasteiger partial charge in [-0.1, -0.05) is 0 Å². The van der Waals surface area contributed by atoms with E-state index in [-0.39, 0.29) is 6.04 Å². The molecule has 0 fully saturated rings. The number of methoxy groups -OCH3 is 1. The molecular weight excluding hydrogens is 146 g/mol. The first-order valence-corrected chi connectivity index (χ1v) is 3.31. The van der Waals surface area contributed by atoms with Crippen LogP contribution in [-0.4, -0.2) is 17.3 Å². The van der Waals surface area contributed by atoms with Crippen LogP contribution in [0.5, 0.6) is 0 Å². The maximum absolute atomic E-state index is 5.49. The quantitative estimate of drug-likeness (QED) is 0.680. The van der Waals surface area contributed by atoms with Crippen molar-refractivity contribution in [3.63, 3.8) is 0 Å². The molecule has 0 radical (unpaired) electrons. The van der Waals surface area contributed by atoms with E-state index < -0.39 is 0 Å². The van der Waals surface area contributed by atoms with Crippen molar-refractivity contribution in [3.8, 4) is 0 Å². The highest BCUT2D eigenvalue weighted by Gasteiger charge is 2.08. The average Bonchev–Trinajstić information content (AvgIpc) is 2.37. The molecule has 62 valence electrons. The van der Waals surface area contributed by atoms with Crippen molar-refractivity contribution in [1.29, 1.82) is 0 Å². The highest BCUT2D eigenvalue weighted by Crippen LogP contribution is 2.07. The first-order chi connectivity index (χ1) is 5.24. The van der Waals surface area contributed by atoms with Gasteiger partial charge in [-0.25, -0.2) is 0 Å². The monoisotopic (exact) mass is 157 g/mol. The summed E-state index contributed by atoms with van der Waals surface area (Å²) in [6.07, 6.45) is 0. The highest BCUT2D eigenvalue weighted by atomic mass is 16.5. The number of nitrogens with zero attached hydrogens (tertiary/aromatic N) is 2. The van der Waals surface area contributed by atoms with Crippen molar-refractivity contribution in [2.75, 3.05) is 7.11 Å². The molecule has 1 rings (SSSR count). The zero-order valence-electron chi connectivity index (χ0n) is 6.57. The van der Waals surface area contributed by atoms with Crippen molar-refractivity contribution >= 4 is 0 Å². The molecule has 1 aromatic rings. The second-order valence-corrected chi connectivity index (χ2v) is 2.26. The Hall–Kier alpha value is -0.940. The fraction of sp³-hybridized carbons (Fsp3) is 0.667. The number of aromatic nitrogens is 2. The minimum absolute atomic E-state index is 0.215. The Bertz CT molecular complexity index is 221. The van der Waals surface area contributed by atoms with Crippen LogP contribution in [0.15, 0.2) is 4.42 Å². The van der Waals surface area contributed by atoms with Gasteiger partial charge in [-0.15, -0.1) is 10.2 Å². The van der Waals surface area contributed by atoms with Gasteiger partial charge in [-0.2, -0.15) is 0 Å². The summed E-state index contributed by atoms with van der Waals surface area (Å²) in [7, 11) is 1.57. The van der Waals surface area contributed by atoms with Crippen LogP contribution >= 0.6 is 0 Å². The Labute approximate surface area is 64.5 Å². The number of nitrogens with two attached hydrogens (primary N) is 1. The van der Waals surface area contributed by atoms with Crippen molar-refractivity contribution in [2.45, 2.75) is 19.6 Å². The van der Waals surface area contributed by atoms with E-state index in [9.17, 15) is 0 Å². The van der Waals surface area contributed by atoms with Crippen LogP contribution < -0.4 is 5.73 Å². The molecule has 5 nitrogen and oxygen atoms in total. The van der Waals surface area contributed by atoms with E-state index in [1.807, 2.05) is 0 Å². The third kappa shape index (κ3) is 1.99. The van der Waals surface area contributed by atoms with E-state index in [0.29, 0.717) is 18.4 Å². The van der Waals surface area contributed by atoms with Gasteiger partial charge in [0.05, 0.1) is 6.04 Å². The molecule has 0 amide bonds. The fourth-order valence-electron chi connectivity index (χ4n) is 0.632. The van der Waals surface area contributed by atoms with Gasteiger partial charge in [-0.05, 0) is 6.92 Å². The van der Waals surface area contributed by atoms with E-state index in [2.05, 4.69) is 10.2 Å². The van der Waals surface area contributed by atoms with E-state index >= 15 is 0 Å². The van der Waals surface area contributed by atoms with Gasteiger partial charge < -0.3 is 14.9 Å². The zero-order chi connectivity index (χ0) is 8.27. The van der Waals surface area contributed by atoms with Gasteiger partial charge in [0.15, 0.2) is 0 Å². The Kier molecular flexibility index (Phi) is 2.56. The van der Waals surface area contributed by atoms with Crippen molar-refractivity contribution in [2.24, 2.45) is 5.73 Å². The Morgan fingerprint density at radius 2 is 2.36 bits per heavy atom. The molecule has 1 atom stereocenters. The zero-order valence-corrected chi connectivity index (χ0v) is 6.57. The maximum Gasteiger partial charge on any atom is 0.242 e. The molecule has 5 heteroatoms. The lowest BCUT2D eigenvalue weighted by Crippen LogP contribution is -2.04. The summed E-state index contributed by atoms with van der Waals surface area (Å²) in [4.78, 5) is 0. The normalized spacial score (nSPS) is 13.4. The van der Waals surface area contributed by atoms with E-state index in [1.54, 1.807) is 14.0 Å². The molecule has 0 aliphatic heterocycles. The highest BCUT2D eigenvalue weighted by molar-refractivity contribution is 4.84. The summed E-state index contributed by atoms with van der Waals surface area (Å²) in [6.45, 7) is 2.11. The molecule has 0 saturated carbocycles. The summed E-state index contributed by atoms with van der Waals surface area (Å²) >= 11 is 0. The molecule has 1 aromatic heterocycles. The molecule has 0 spiro atoms. The van der Waals surface area contributed by atoms with Crippen LogP contribution in [-0.2, 0) is 11.3 Å². The van der Waals surface area contributed by atoms with Crippen molar-refractivity contribution < 1.29 is 9.15 Å². The second-order valence-electron chi connectivity index (χ2n) is 2.26. The van der Waals surface area contributed by atoms with E-state index in [1.165, 1.54) is 0 Å². The Morgan fingerprint density at radius 3 is 2.82 bits per heavy atom. The van der Waals surface area contributed by atoms with Gasteiger partial charge in [-0.3, -0.25) is 0 Å². The Balaban J connectivity index is 2.66. The SMILES string of the molecule is COCc1nnc([C@@H](C)N)o1. The number of ether oxygens (including phenoxy) is 1. The van der Waals surface area contributed by atoms with Gasteiger partial charge in [0.1, 0.15) is 6.61 Å². The summed E-state index contributed by atoms with van der Waals surface area (Å²) in [6, 6.07) is -0.215. The number of hydrogen-bond acceptors (Lipinski definition) is 5. The average molecular weight is 157 g/mol. The lowest BCUT2D eigenvalue weighted by Gasteiger charge is -1.94. The molecular formula is C6H11N3O2. The minimum atomic E-state index is -0.215. The maximum atomic E-state index is 5.49. The molecule has 1 heterocycles. The van der Waals surface area contributed by atoms with E-state index in [0.717, 1.165) is 0 Å². The molecule has 11 heavy (non-hydrogen) atoms. The van der Waals surface area contributed by atoms with Gasteiger partial charge in [0, 0.05) is 7.11 Å². The largest absolute Gasteiger partial charge is 0.421 e. The van der Waals surface area contributed by atoms with Gasteiger partial charge >= 0.3 is 0 Å². The summed E-state index contributed by atoms with van der Waals surface area (Å²) in [5.41, 5.74) is 5.49. The second kappa shape index (κ2) is 3.45. The predicted octanol–water partition coefficient (Wildman–Crippen LogP) is 0.236. The first kappa shape index (κ1) is 8.16. The molecule has 2 N–H and O–H groups in total. The van der Waals surface area contributed by atoms with Crippen LogP contribution in [0.3, 0.4) is 0 Å². The number of hydrogen-bond donors (Lipinski definition) is 1. The lowest BCUT2D eigenvalue weighted by molar-refractivity contribution is 0.157. The van der Waals surface area contributed by atoms with Crippen LogP contribution in [0.25, 0.3) is 0 Å². The lowest BCUT2D eigenvalue weighted by atomic mass is 10.4. The third-order valence-electron chi connectivity index (χ3n) is 1.14. The minimum Gasteiger partial charge on any atom is -0.421 e. The van der Waals surface area contributed by atoms with Crippen LogP contribution in [0.1, 0.15) is 24.7 Å². The molecule has 0 saturated heterocycles.